The smallest absolute Gasteiger partial charge is 0.192 e. The fourth-order valence-electron chi connectivity index (χ4n) is 1.59. The van der Waals surface area contributed by atoms with Crippen LogP contribution in [-0.2, 0) is 4.43 Å². The molecule has 1 atom stereocenters. The first-order chi connectivity index (χ1) is 7.78. The Morgan fingerprint density at radius 2 is 1.65 bits per heavy atom. The van der Waals surface area contributed by atoms with Crippen molar-refractivity contribution in [3.05, 3.63) is 35.9 Å². The molecule has 2 heteroatoms. The topological polar surface area (TPSA) is 9.23 Å². The minimum atomic E-state index is -1.67. The summed E-state index contributed by atoms with van der Waals surface area (Å²) in [6, 6.07) is 10.6. The molecule has 0 bridgehead atoms. The van der Waals surface area contributed by atoms with Crippen LogP contribution < -0.4 is 0 Å². The predicted octanol–water partition coefficient (Wildman–Crippen LogP) is 5.16. The molecule has 0 aromatic heterocycles. The molecule has 0 fully saturated rings. The molecule has 96 valence electrons. The van der Waals surface area contributed by atoms with Gasteiger partial charge in [-0.05, 0) is 30.1 Å². The van der Waals surface area contributed by atoms with Crippen molar-refractivity contribution in [3.63, 3.8) is 0 Å². The van der Waals surface area contributed by atoms with Gasteiger partial charge in [0.1, 0.15) is 0 Å². The molecule has 1 nitrogen and oxygen atoms in total. The van der Waals surface area contributed by atoms with Crippen molar-refractivity contribution >= 4 is 8.32 Å². The lowest BCUT2D eigenvalue weighted by atomic mass is 10.1. The van der Waals surface area contributed by atoms with E-state index >= 15 is 0 Å². The third-order valence-electron chi connectivity index (χ3n) is 3.79. The molecule has 1 aromatic carbocycles. The van der Waals surface area contributed by atoms with E-state index in [9.17, 15) is 0 Å². The van der Waals surface area contributed by atoms with Gasteiger partial charge in [0.05, 0.1) is 6.10 Å². The summed E-state index contributed by atoms with van der Waals surface area (Å²) >= 11 is 0. The summed E-state index contributed by atoms with van der Waals surface area (Å²) in [4.78, 5) is 0. The van der Waals surface area contributed by atoms with Crippen LogP contribution in [-0.4, -0.2) is 8.32 Å². The Balaban J connectivity index is 2.85. The summed E-state index contributed by atoms with van der Waals surface area (Å²) in [5.74, 6) is 0. The molecule has 1 unspecified atom stereocenters. The molecule has 0 radical (unpaired) electrons. The van der Waals surface area contributed by atoms with E-state index in [-0.39, 0.29) is 11.1 Å². The van der Waals surface area contributed by atoms with E-state index in [1.54, 1.807) is 0 Å². The zero-order valence-electron chi connectivity index (χ0n) is 12.1. The van der Waals surface area contributed by atoms with E-state index in [4.69, 9.17) is 4.43 Å². The third-order valence-corrected chi connectivity index (χ3v) is 8.27. The van der Waals surface area contributed by atoms with Crippen molar-refractivity contribution < 1.29 is 4.43 Å². The second-order valence-corrected chi connectivity index (χ2v) is 10.9. The first-order valence-electron chi connectivity index (χ1n) is 6.50. The zero-order chi connectivity index (χ0) is 13.1. The highest BCUT2D eigenvalue weighted by Crippen LogP contribution is 2.40. The highest BCUT2D eigenvalue weighted by Gasteiger charge is 2.39. The normalized spacial score (nSPS) is 14.7. The van der Waals surface area contributed by atoms with Crippen LogP contribution in [0.5, 0.6) is 0 Å². The Labute approximate surface area is 107 Å². The van der Waals surface area contributed by atoms with Crippen LogP contribution >= 0.6 is 0 Å². The minimum absolute atomic E-state index is 0.247. The van der Waals surface area contributed by atoms with Crippen LogP contribution in [0.2, 0.25) is 18.1 Å². The average molecular weight is 250 g/mol. The molecule has 0 N–H and O–H groups in total. The Morgan fingerprint density at radius 3 is 2.06 bits per heavy atom. The van der Waals surface area contributed by atoms with Gasteiger partial charge >= 0.3 is 0 Å². The summed E-state index contributed by atoms with van der Waals surface area (Å²) in [5.41, 5.74) is 1.31. The number of rotatable bonds is 4. The monoisotopic (exact) mass is 250 g/mol. The molecular formula is C15H26OSi. The molecule has 1 aromatic rings. The fraction of sp³-hybridized carbons (Fsp3) is 0.600. The van der Waals surface area contributed by atoms with Gasteiger partial charge in [-0.15, -0.1) is 0 Å². The van der Waals surface area contributed by atoms with E-state index in [0.717, 1.165) is 6.42 Å². The first-order valence-corrected chi connectivity index (χ1v) is 9.41. The highest BCUT2D eigenvalue weighted by molar-refractivity contribution is 6.74. The molecular weight excluding hydrogens is 224 g/mol. The summed E-state index contributed by atoms with van der Waals surface area (Å²) < 4.78 is 6.48. The van der Waals surface area contributed by atoms with Gasteiger partial charge in [0.25, 0.3) is 0 Å². The maximum Gasteiger partial charge on any atom is 0.192 e. The largest absolute Gasteiger partial charge is 0.410 e. The van der Waals surface area contributed by atoms with Crippen molar-refractivity contribution in [3.8, 4) is 0 Å². The maximum absolute atomic E-state index is 6.48. The molecule has 17 heavy (non-hydrogen) atoms. The van der Waals surface area contributed by atoms with Gasteiger partial charge in [-0.25, -0.2) is 0 Å². The maximum atomic E-state index is 6.48. The second-order valence-electron chi connectivity index (χ2n) is 6.19. The Morgan fingerprint density at radius 1 is 1.12 bits per heavy atom. The first kappa shape index (κ1) is 14.5. The van der Waals surface area contributed by atoms with Gasteiger partial charge in [-0.3, -0.25) is 0 Å². The second kappa shape index (κ2) is 5.36. The fourth-order valence-corrected chi connectivity index (χ4v) is 2.95. The van der Waals surface area contributed by atoms with E-state index in [2.05, 4.69) is 71.1 Å². The quantitative estimate of drug-likeness (QED) is 0.671. The van der Waals surface area contributed by atoms with Gasteiger partial charge in [0.15, 0.2) is 8.32 Å². The molecule has 0 saturated carbocycles. The van der Waals surface area contributed by atoms with E-state index < -0.39 is 8.32 Å². The lowest BCUT2D eigenvalue weighted by Gasteiger charge is -2.39. The van der Waals surface area contributed by atoms with Crippen molar-refractivity contribution in [1.82, 2.24) is 0 Å². The molecule has 0 aliphatic heterocycles. The molecule has 0 amide bonds. The highest BCUT2D eigenvalue weighted by atomic mass is 28.4. The van der Waals surface area contributed by atoms with Gasteiger partial charge in [-0.2, -0.15) is 0 Å². The van der Waals surface area contributed by atoms with Gasteiger partial charge in [-0.1, -0.05) is 58.0 Å². The van der Waals surface area contributed by atoms with Gasteiger partial charge < -0.3 is 4.43 Å². The third kappa shape index (κ3) is 3.68. The standard InChI is InChI=1S/C15H26OSi/c1-7-14(13-11-9-8-10-12-13)16-17(5,6)15(2,3)4/h8-12,14H,7H2,1-6H3. The molecule has 0 heterocycles. The van der Waals surface area contributed by atoms with Crippen molar-refractivity contribution in [2.75, 3.05) is 0 Å². The predicted molar refractivity (Wildman–Crippen MR) is 77.8 cm³/mol. The van der Waals surface area contributed by atoms with Crippen LogP contribution in [0.1, 0.15) is 45.8 Å². The van der Waals surface area contributed by atoms with Crippen molar-refractivity contribution in [2.24, 2.45) is 0 Å². The van der Waals surface area contributed by atoms with Crippen LogP contribution in [0.3, 0.4) is 0 Å². The zero-order valence-corrected chi connectivity index (χ0v) is 13.1. The van der Waals surface area contributed by atoms with Gasteiger partial charge in [0.2, 0.25) is 0 Å². The Hall–Kier alpha value is -0.603. The minimum Gasteiger partial charge on any atom is -0.410 e. The average Bonchev–Trinajstić information content (AvgIpc) is 2.25. The number of hydrogen-bond donors (Lipinski definition) is 0. The van der Waals surface area contributed by atoms with E-state index in [0.29, 0.717) is 0 Å². The summed E-state index contributed by atoms with van der Waals surface area (Å²) in [6.07, 6.45) is 1.29. The van der Waals surface area contributed by atoms with Crippen LogP contribution in [0.4, 0.5) is 0 Å². The van der Waals surface area contributed by atoms with E-state index in [1.165, 1.54) is 5.56 Å². The SMILES string of the molecule is CCC(O[Si](C)(C)C(C)(C)C)c1ccccc1. The molecule has 1 rings (SSSR count). The summed E-state index contributed by atoms with van der Waals surface area (Å²) in [7, 11) is -1.67. The van der Waals surface area contributed by atoms with Crippen LogP contribution in [0.15, 0.2) is 30.3 Å². The summed E-state index contributed by atoms with van der Waals surface area (Å²) in [5, 5.41) is 0.273. The lowest BCUT2D eigenvalue weighted by Crippen LogP contribution is -2.41. The molecule has 0 saturated heterocycles. The van der Waals surface area contributed by atoms with Crippen LogP contribution in [0, 0.1) is 0 Å². The number of hydrogen-bond acceptors (Lipinski definition) is 1. The lowest BCUT2D eigenvalue weighted by molar-refractivity contribution is 0.179. The molecule has 0 aliphatic carbocycles. The Kier molecular flexibility index (Phi) is 4.56. The van der Waals surface area contributed by atoms with Crippen molar-refractivity contribution in [2.45, 2.75) is 58.4 Å². The summed E-state index contributed by atoms with van der Waals surface area (Å²) in [6.45, 7) is 13.7. The van der Waals surface area contributed by atoms with Crippen LogP contribution in [0.25, 0.3) is 0 Å². The van der Waals surface area contributed by atoms with Crippen molar-refractivity contribution in [1.29, 1.82) is 0 Å². The molecule has 0 aliphatic rings. The Bertz CT molecular complexity index is 338. The van der Waals surface area contributed by atoms with E-state index in [1.807, 2.05) is 0 Å². The molecule has 0 spiro atoms. The number of benzene rings is 1. The van der Waals surface area contributed by atoms with Gasteiger partial charge in [0, 0.05) is 0 Å².